The largest absolute Gasteiger partial charge is 0.493 e. The van der Waals surface area contributed by atoms with Crippen LogP contribution in [0.1, 0.15) is 35.9 Å². The van der Waals surface area contributed by atoms with E-state index in [-0.39, 0.29) is 18.1 Å². The van der Waals surface area contributed by atoms with Crippen molar-refractivity contribution in [2.45, 2.75) is 38.1 Å². The van der Waals surface area contributed by atoms with Gasteiger partial charge in [-0.3, -0.25) is 9.36 Å². The van der Waals surface area contributed by atoms with Crippen LogP contribution < -0.4 is 9.47 Å². The number of hydrogen-bond acceptors (Lipinski definition) is 6. The van der Waals surface area contributed by atoms with Crippen molar-refractivity contribution in [1.29, 1.82) is 0 Å². The van der Waals surface area contributed by atoms with Gasteiger partial charge in [0, 0.05) is 34.9 Å². The molecule has 0 radical (unpaired) electrons. The maximum atomic E-state index is 13.4. The minimum Gasteiger partial charge on any atom is -0.493 e. The quantitative estimate of drug-likeness (QED) is 0.135. The zero-order valence-corrected chi connectivity index (χ0v) is 22.4. The Morgan fingerprint density at radius 2 is 1.66 bits per heavy atom. The van der Waals surface area contributed by atoms with Crippen molar-refractivity contribution in [3.05, 3.63) is 96.4 Å². The van der Waals surface area contributed by atoms with E-state index in [1.807, 2.05) is 83.6 Å². The number of carbonyl (C=O) groups excluding carboxylic acids is 1. The summed E-state index contributed by atoms with van der Waals surface area (Å²) in [6, 6.07) is 25.5. The lowest BCUT2D eigenvalue weighted by Gasteiger charge is -2.12. The average Bonchev–Trinajstić information content (AvgIpc) is 3.55. The van der Waals surface area contributed by atoms with Crippen LogP contribution >= 0.6 is 11.8 Å². The minimum atomic E-state index is 0.0656. The van der Waals surface area contributed by atoms with E-state index in [1.165, 1.54) is 11.8 Å². The Labute approximate surface area is 226 Å². The number of para-hydroxylation sites is 4. The summed E-state index contributed by atoms with van der Waals surface area (Å²) in [5, 5.41) is 10.5. The maximum absolute atomic E-state index is 13.4. The summed E-state index contributed by atoms with van der Waals surface area (Å²) in [7, 11) is 1.61. The molecular formula is C30H30N4O3S. The van der Waals surface area contributed by atoms with Gasteiger partial charge in [-0.05, 0) is 36.8 Å². The molecule has 0 aliphatic heterocycles. The highest BCUT2D eigenvalue weighted by Crippen LogP contribution is 2.29. The Morgan fingerprint density at radius 1 is 0.921 bits per heavy atom. The Morgan fingerprint density at radius 3 is 2.45 bits per heavy atom. The summed E-state index contributed by atoms with van der Waals surface area (Å²) >= 11 is 1.38. The third kappa shape index (κ3) is 5.45. The number of aryl methyl sites for hydroxylation is 1. The number of aromatic nitrogens is 4. The highest BCUT2D eigenvalue weighted by molar-refractivity contribution is 7.99. The van der Waals surface area contributed by atoms with Gasteiger partial charge in [0.1, 0.15) is 6.61 Å². The molecule has 0 bridgehead atoms. The summed E-state index contributed by atoms with van der Waals surface area (Å²) in [6.45, 7) is 3.27. The molecule has 194 valence electrons. The molecule has 0 aliphatic carbocycles. The van der Waals surface area contributed by atoms with Crippen molar-refractivity contribution < 1.29 is 14.3 Å². The van der Waals surface area contributed by atoms with Gasteiger partial charge in [0.2, 0.25) is 0 Å². The van der Waals surface area contributed by atoms with Gasteiger partial charge in [-0.15, -0.1) is 10.2 Å². The molecule has 7 nitrogen and oxygen atoms in total. The van der Waals surface area contributed by atoms with Crippen LogP contribution in [0.4, 0.5) is 0 Å². The van der Waals surface area contributed by atoms with Gasteiger partial charge in [-0.1, -0.05) is 73.6 Å². The van der Waals surface area contributed by atoms with Crippen LogP contribution in [0.25, 0.3) is 16.6 Å². The van der Waals surface area contributed by atoms with E-state index in [0.717, 1.165) is 41.5 Å². The van der Waals surface area contributed by atoms with E-state index in [9.17, 15) is 4.79 Å². The number of carbonyl (C=O) groups is 1. The molecule has 0 fully saturated rings. The fourth-order valence-corrected chi connectivity index (χ4v) is 5.25. The summed E-state index contributed by atoms with van der Waals surface area (Å²) in [4.78, 5) is 13.4. The number of rotatable bonds is 12. The van der Waals surface area contributed by atoms with Crippen molar-refractivity contribution in [3.63, 3.8) is 0 Å². The predicted molar refractivity (Wildman–Crippen MR) is 151 cm³/mol. The molecule has 2 aromatic heterocycles. The van der Waals surface area contributed by atoms with Crippen molar-refractivity contribution in [1.82, 2.24) is 19.3 Å². The van der Waals surface area contributed by atoms with E-state index in [1.54, 1.807) is 7.11 Å². The van der Waals surface area contributed by atoms with E-state index in [2.05, 4.69) is 27.8 Å². The molecule has 0 spiro atoms. The Hall–Kier alpha value is -4.04. The van der Waals surface area contributed by atoms with Crippen LogP contribution in [-0.2, 0) is 13.2 Å². The van der Waals surface area contributed by atoms with E-state index in [0.29, 0.717) is 22.5 Å². The molecule has 0 saturated carbocycles. The summed E-state index contributed by atoms with van der Waals surface area (Å²) < 4.78 is 15.6. The number of thioether (sulfide) groups is 1. The SMILES string of the molecule is CCCCn1cc(C(=O)CSc2nnc(COc3ccccc3OC)n2-c2ccccc2)c2ccccc21. The average molecular weight is 527 g/mol. The van der Waals surface area contributed by atoms with Crippen LogP contribution in [0.5, 0.6) is 11.5 Å². The number of fused-ring (bicyclic) bond motifs is 1. The number of nitrogens with zero attached hydrogens (tertiary/aromatic N) is 4. The number of ketones is 1. The second-order valence-electron chi connectivity index (χ2n) is 8.83. The van der Waals surface area contributed by atoms with E-state index < -0.39 is 0 Å². The van der Waals surface area contributed by atoms with Crippen LogP contribution in [0.2, 0.25) is 0 Å². The predicted octanol–water partition coefficient (Wildman–Crippen LogP) is 6.58. The third-order valence-electron chi connectivity index (χ3n) is 6.31. The fraction of sp³-hybridized carbons (Fsp3) is 0.233. The Bertz CT molecular complexity index is 1530. The first-order valence-electron chi connectivity index (χ1n) is 12.7. The molecule has 0 saturated heterocycles. The number of methoxy groups -OCH3 is 1. The van der Waals surface area contributed by atoms with Gasteiger partial charge in [-0.25, -0.2) is 0 Å². The molecule has 0 amide bonds. The molecule has 0 atom stereocenters. The normalized spacial score (nSPS) is 11.1. The van der Waals surface area contributed by atoms with Crippen LogP contribution in [0, 0.1) is 0 Å². The molecule has 0 unspecified atom stereocenters. The first kappa shape index (κ1) is 25.6. The van der Waals surface area contributed by atoms with Crippen molar-refractivity contribution in [3.8, 4) is 17.2 Å². The molecule has 5 rings (SSSR count). The first-order chi connectivity index (χ1) is 18.7. The topological polar surface area (TPSA) is 71.2 Å². The lowest BCUT2D eigenvalue weighted by molar-refractivity contribution is 0.102. The number of ether oxygens (including phenoxy) is 2. The van der Waals surface area contributed by atoms with E-state index in [4.69, 9.17) is 9.47 Å². The van der Waals surface area contributed by atoms with Gasteiger partial charge in [0.15, 0.2) is 28.3 Å². The Balaban J connectivity index is 1.38. The summed E-state index contributed by atoms with van der Waals surface area (Å²) in [6.07, 6.45) is 4.17. The van der Waals surface area contributed by atoms with Crippen molar-refractivity contribution in [2.75, 3.05) is 12.9 Å². The number of unbranched alkanes of at least 4 members (excludes halogenated alkanes) is 1. The van der Waals surface area contributed by atoms with Gasteiger partial charge < -0.3 is 14.0 Å². The van der Waals surface area contributed by atoms with Gasteiger partial charge in [0.25, 0.3) is 0 Å². The molecule has 5 aromatic rings. The molecule has 38 heavy (non-hydrogen) atoms. The standard InChI is InChI=1S/C30H30N4O3S/c1-3-4-18-33-19-24(23-14-8-9-15-25(23)33)26(35)21-38-30-32-31-29(34(30)22-12-6-5-7-13-22)20-37-28-17-11-10-16-27(28)36-2/h5-17,19H,3-4,18,20-21H2,1-2H3. The first-order valence-corrected chi connectivity index (χ1v) is 13.7. The number of hydrogen-bond donors (Lipinski definition) is 0. The minimum absolute atomic E-state index is 0.0656. The maximum Gasteiger partial charge on any atom is 0.196 e. The van der Waals surface area contributed by atoms with Gasteiger partial charge >= 0.3 is 0 Å². The van der Waals surface area contributed by atoms with Crippen LogP contribution in [-0.4, -0.2) is 38.0 Å². The van der Waals surface area contributed by atoms with E-state index >= 15 is 0 Å². The number of Topliss-reactive ketones (excluding diaryl/α,β-unsaturated/α-hetero) is 1. The van der Waals surface area contributed by atoms with Crippen molar-refractivity contribution >= 4 is 28.4 Å². The molecule has 0 aliphatic rings. The van der Waals surface area contributed by atoms with Gasteiger partial charge in [0.05, 0.1) is 12.9 Å². The van der Waals surface area contributed by atoms with Gasteiger partial charge in [-0.2, -0.15) is 0 Å². The van der Waals surface area contributed by atoms with Crippen LogP contribution in [0.3, 0.4) is 0 Å². The summed E-state index contributed by atoms with van der Waals surface area (Å²) in [5.74, 6) is 2.22. The molecule has 3 aromatic carbocycles. The second kappa shape index (κ2) is 12.0. The molecule has 8 heteroatoms. The molecular weight excluding hydrogens is 496 g/mol. The van der Waals surface area contributed by atoms with Crippen molar-refractivity contribution in [2.24, 2.45) is 0 Å². The third-order valence-corrected chi connectivity index (χ3v) is 7.24. The highest BCUT2D eigenvalue weighted by atomic mass is 32.2. The molecule has 2 heterocycles. The zero-order valence-electron chi connectivity index (χ0n) is 21.5. The highest BCUT2D eigenvalue weighted by Gasteiger charge is 2.20. The fourth-order valence-electron chi connectivity index (χ4n) is 4.39. The lowest BCUT2D eigenvalue weighted by Crippen LogP contribution is -2.08. The second-order valence-corrected chi connectivity index (χ2v) is 9.77. The smallest absolute Gasteiger partial charge is 0.196 e. The summed E-state index contributed by atoms with van der Waals surface area (Å²) in [5.41, 5.74) is 2.74. The lowest BCUT2D eigenvalue weighted by atomic mass is 10.1. The number of benzene rings is 3. The molecule has 0 N–H and O–H groups in total. The zero-order chi connectivity index (χ0) is 26.3. The monoisotopic (exact) mass is 526 g/mol. The Kier molecular flexibility index (Phi) is 8.09. The van der Waals surface area contributed by atoms with Crippen LogP contribution in [0.15, 0.2) is 90.2 Å².